The van der Waals surface area contributed by atoms with Crippen LogP contribution in [0.2, 0.25) is 0 Å². The monoisotopic (exact) mass is 194 g/mol. The fourth-order valence-electron chi connectivity index (χ4n) is 1.90. The molecule has 1 fully saturated rings. The van der Waals surface area contributed by atoms with E-state index in [2.05, 4.69) is 23.1 Å². The van der Waals surface area contributed by atoms with Crippen LogP contribution in [0.5, 0.6) is 0 Å². The lowest BCUT2D eigenvalue weighted by Crippen LogP contribution is -2.29. The molecule has 0 bridgehead atoms. The molecule has 4 heteroatoms. The first kappa shape index (κ1) is 9.68. The molecule has 2 N–H and O–H groups in total. The van der Waals surface area contributed by atoms with Crippen molar-refractivity contribution < 1.29 is 0 Å². The highest BCUT2D eigenvalue weighted by Crippen LogP contribution is 2.06. The van der Waals surface area contributed by atoms with E-state index in [1.165, 1.54) is 5.56 Å². The maximum atomic E-state index is 5.83. The third kappa shape index (κ3) is 2.33. The molecule has 1 aliphatic rings. The van der Waals surface area contributed by atoms with Gasteiger partial charge in [-0.2, -0.15) is 5.10 Å². The van der Waals surface area contributed by atoms with Gasteiger partial charge in [-0.15, -0.1) is 0 Å². The summed E-state index contributed by atoms with van der Waals surface area (Å²) in [4.78, 5) is 2.40. The first-order valence-electron chi connectivity index (χ1n) is 5.21. The summed E-state index contributed by atoms with van der Waals surface area (Å²) in [5.41, 5.74) is 7.06. The summed E-state index contributed by atoms with van der Waals surface area (Å²) >= 11 is 0. The van der Waals surface area contributed by atoms with E-state index in [0.29, 0.717) is 6.04 Å². The molecule has 0 radical (unpaired) electrons. The van der Waals surface area contributed by atoms with Gasteiger partial charge in [-0.3, -0.25) is 9.58 Å². The fraction of sp³-hybridized carbons (Fsp3) is 0.700. The lowest BCUT2D eigenvalue weighted by atomic mass is 10.3. The smallest absolute Gasteiger partial charge is 0.0536 e. The second-order valence-electron chi connectivity index (χ2n) is 4.13. The van der Waals surface area contributed by atoms with E-state index in [1.807, 2.05) is 10.9 Å². The number of nitrogens with zero attached hydrogens (tertiary/aromatic N) is 3. The molecule has 1 saturated heterocycles. The summed E-state index contributed by atoms with van der Waals surface area (Å²) < 4.78 is 2.00. The molecule has 14 heavy (non-hydrogen) atoms. The minimum absolute atomic E-state index is 0.384. The molecule has 2 rings (SSSR count). The molecule has 0 saturated carbocycles. The first-order chi connectivity index (χ1) is 6.74. The number of rotatable bonds is 3. The molecule has 0 aromatic carbocycles. The molecular weight excluding hydrogens is 176 g/mol. The van der Waals surface area contributed by atoms with Gasteiger partial charge >= 0.3 is 0 Å². The van der Waals surface area contributed by atoms with Crippen LogP contribution in [-0.2, 0) is 6.54 Å². The lowest BCUT2D eigenvalue weighted by Gasteiger charge is -2.14. The van der Waals surface area contributed by atoms with Crippen molar-refractivity contribution in [1.29, 1.82) is 0 Å². The van der Waals surface area contributed by atoms with Crippen LogP contribution in [0.4, 0.5) is 0 Å². The van der Waals surface area contributed by atoms with Crippen molar-refractivity contribution >= 4 is 0 Å². The number of likely N-dealkylation sites (tertiary alicyclic amines) is 1. The van der Waals surface area contributed by atoms with Crippen LogP contribution in [-0.4, -0.2) is 40.4 Å². The maximum Gasteiger partial charge on any atom is 0.0536 e. The van der Waals surface area contributed by atoms with Gasteiger partial charge in [-0.25, -0.2) is 0 Å². The molecule has 2 heterocycles. The molecular formula is C10H18N4. The fourth-order valence-corrected chi connectivity index (χ4v) is 1.90. The van der Waals surface area contributed by atoms with Gasteiger partial charge in [0.25, 0.3) is 0 Å². The molecule has 1 atom stereocenters. The maximum absolute atomic E-state index is 5.83. The molecule has 0 aliphatic carbocycles. The van der Waals surface area contributed by atoms with Gasteiger partial charge in [-0.05, 0) is 25.5 Å². The van der Waals surface area contributed by atoms with Gasteiger partial charge in [-0.1, -0.05) is 0 Å². The largest absolute Gasteiger partial charge is 0.326 e. The number of aryl methyl sites for hydroxylation is 1. The Morgan fingerprint density at radius 2 is 2.43 bits per heavy atom. The van der Waals surface area contributed by atoms with Crippen molar-refractivity contribution in [3.05, 3.63) is 18.0 Å². The Bertz CT molecular complexity index is 294. The number of hydrogen-bond donors (Lipinski definition) is 1. The van der Waals surface area contributed by atoms with E-state index in [-0.39, 0.29) is 0 Å². The Kier molecular flexibility index (Phi) is 2.84. The third-order valence-electron chi connectivity index (χ3n) is 2.72. The molecule has 0 amide bonds. The highest BCUT2D eigenvalue weighted by atomic mass is 15.3. The Labute approximate surface area is 84.7 Å². The predicted molar refractivity (Wildman–Crippen MR) is 56.0 cm³/mol. The lowest BCUT2D eigenvalue weighted by molar-refractivity contribution is 0.312. The van der Waals surface area contributed by atoms with E-state index in [4.69, 9.17) is 5.73 Å². The Morgan fingerprint density at radius 1 is 1.57 bits per heavy atom. The number of aromatic nitrogens is 2. The van der Waals surface area contributed by atoms with Crippen LogP contribution in [0.3, 0.4) is 0 Å². The van der Waals surface area contributed by atoms with Crippen molar-refractivity contribution in [2.24, 2.45) is 5.73 Å². The quantitative estimate of drug-likeness (QED) is 0.749. The molecule has 4 nitrogen and oxygen atoms in total. The van der Waals surface area contributed by atoms with Crippen molar-refractivity contribution in [3.63, 3.8) is 0 Å². The van der Waals surface area contributed by atoms with Gasteiger partial charge in [0.05, 0.1) is 12.7 Å². The zero-order chi connectivity index (χ0) is 9.97. The van der Waals surface area contributed by atoms with Gasteiger partial charge in [0.2, 0.25) is 0 Å². The average molecular weight is 194 g/mol. The topological polar surface area (TPSA) is 47.1 Å². The Balaban J connectivity index is 1.77. The summed E-state index contributed by atoms with van der Waals surface area (Å²) in [5.74, 6) is 0. The van der Waals surface area contributed by atoms with E-state index in [0.717, 1.165) is 32.6 Å². The SMILES string of the molecule is Cc1cnn(CCN2CCC(N)C2)c1. The third-order valence-corrected chi connectivity index (χ3v) is 2.72. The Hall–Kier alpha value is -0.870. The van der Waals surface area contributed by atoms with Crippen molar-refractivity contribution in [1.82, 2.24) is 14.7 Å². The zero-order valence-electron chi connectivity index (χ0n) is 8.69. The van der Waals surface area contributed by atoms with Gasteiger partial charge in [0.15, 0.2) is 0 Å². The van der Waals surface area contributed by atoms with Gasteiger partial charge in [0, 0.05) is 25.3 Å². The number of hydrogen-bond acceptors (Lipinski definition) is 3. The second-order valence-corrected chi connectivity index (χ2v) is 4.13. The van der Waals surface area contributed by atoms with Gasteiger partial charge in [0.1, 0.15) is 0 Å². The van der Waals surface area contributed by atoms with E-state index >= 15 is 0 Å². The first-order valence-corrected chi connectivity index (χ1v) is 5.21. The van der Waals surface area contributed by atoms with E-state index < -0.39 is 0 Å². The van der Waals surface area contributed by atoms with Crippen LogP contribution in [0.15, 0.2) is 12.4 Å². The molecule has 1 aromatic rings. The summed E-state index contributed by atoms with van der Waals surface area (Å²) in [6.45, 7) is 6.28. The molecule has 78 valence electrons. The summed E-state index contributed by atoms with van der Waals surface area (Å²) in [6.07, 6.45) is 5.11. The molecule has 1 aliphatic heterocycles. The highest BCUT2D eigenvalue weighted by Gasteiger charge is 2.18. The normalized spacial score (nSPS) is 23.1. The van der Waals surface area contributed by atoms with Crippen LogP contribution in [0.1, 0.15) is 12.0 Å². The zero-order valence-corrected chi connectivity index (χ0v) is 8.69. The average Bonchev–Trinajstić information content (AvgIpc) is 2.72. The van der Waals surface area contributed by atoms with Crippen LogP contribution in [0.25, 0.3) is 0 Å². The molecule has 0 spiro atoms. The van der Waals surface area contributed by atoms with Crippen LogP contribution >= 0.6 is 0 Å². The Morgan fingerprint density at radius 3 is 3.00 bits per heavy atom. The van der Waals surface area contributed by atoms with Crippen LogP contribution < -0.4 is 5.73 Å². The molecule has 1 aromatic heterocycles. The standard InChI is InChI=1S/C10H18N4/c1-9-6-12-14(7-9)5-4-13-3-2-10(11)8-13/h6-7,10H,2-5,8,11H2,1H3. The number of nitrogens with two attached hydrogens (primary N) is 1. The van der Waals surface area contributed by atoms with Crippen molar-refractivity contribution in [2.45, 2.75) is 25.9 Å². The van der Waals surface area contributed by atoms with E-state index in [9.17, 15) is 0 Å². The van der Waals surface area contributed by atoms with Crippen molar-refractivity contribution in [2.75, 3.05) is 19.6 Å². The van der Waals surface area contributed by atoms with Crippen LogP contribution in [0, 0.1) is 6.92 Å². The highest BCUT2D eigenvalue weighted by molar-refractivity contribution is 4.99. The summed E-state index contributed by atoms with van der Waals surface area (Å²) in [5, 5.41) is 4.25. The van der Waals surface area contributed by atoms with Crippen molar-refractivity contribution in [3.8, 4) is 0 Å². The second kappa shape index (κ2) is 4.11. The van der Waals surface area contributed by atoms with Gasteiger partial charge < -0.3 is 5.73 Å². The minimum Gasteiger partial charge on any atom is -0.326 e. The molecule has 1 unspecified atom stereocenters. The minimum atomic E-state index is 0.384. The summed E-state index contributed by atoms with van der Waals surface area (Å²) in [7, 11) is 0. The van der Waals surface area contributed by atoms with E-state index in [1.54, 1.807) is 0 Å². The summed E-state index contributed by atoms with van der Waals surface area (Å²) in [6, 6.07) is 0.384. The predicted octanol–water partition coefficient (Wildman–Crippen LogP) is 0.225.